The van der Waals surface area contributed by atoms with Crippen LogP contribution in [0, 0.1) is 6.92 Å². The molecule has 0 atom stereocenters. The Balaban J connectivity index is 2.37. The first-order chi connectivity index (χ1) is 9.22. The number of likely N-dealkylation sites (N-methyl/N-ethyl adjacent to an activating group) is 1. The van der Waals surface area contributed by atoms with Gasteiger partial charge in [-0.2, -0.15) is 0 Å². The monoisotopic (exact) mass is 275 g/mol. The summed E-state index contributed by atoms with van der Waals surface area (Å²) in [4.78, 5) is 0. The number of hydrogen-bond donors (Lipinski definition) is 1. The largest absolute Gasteiger partial charge is 0.492 e. The third-order valence-corrected chi connectivity index (χ3v) is 3.24. The summed E-state index contributed by atoms with van der Waals surface area (Å²) in [7, 11) is 1.91. The van der Waals surface area contributed by atoms with Gasteiger partial charge in [-0.15, -0.1) is 0 Å². The van der Waals surface area contributed by atoms with Crippen molar-refractivity contribution in [2.24, 2.45) is 0 Å². The number of hydrogen-bond acceptors (Lipinski definition) is 2. The molecule has 0 saturated carbocycles. The van der Waals surface area contributed by atoms with Gasteiger partial charge in [0.05, 0.1) is 0 Å². The second-order valence-corrected chi connectivity index (χ2v) is 4.84. The number of benzene rings is 2. The molecule has 0 heterocycles. The van der Waals surface area contributed by atoms with E-state index in [1.165, 1.54) is 5.56 Å². The molecular formula is C16H18ClNO. The summed E-state index contributed by atoms with van der Waals surface area (Å²) in [6.45, 7) is 3.52. The van der Waals surface area contributed by atoms with Crippen LogP contribution in [0.15, 0.2) is 42.5 Å². The van der Waals surface area contributed by atoms with E-state index in [0.717, 1.165) is 28.4 Å². The molecule has 2 aromatic rings. The molecule has 3 heteroatoms. The van der Waals surface area contributed by atoms with Crippen molar-refractivity contribution in [1.29, 1.82) is 0 Å². The van der Waals surface area contributed by atoms with Crippen LogP contribution in [0.1, 0.15) is 5.56 Å². The summed E-state index contributed by atoms with van der Waals surface area (Å²) in [6, 6.07) is 14.0. The topological polar surface area (TPSA) is 21.3 Å². The van der Waals surface area contributed by atoms with Gasteiger partial charge in [-0.1, -0.05) is 41.4 Å². The average Bonchev–Trinajstić information content (AvgIpc) is 2.41. The minimum absolute atomic E-state index is 0.636. The highest BCUT2D eigenvalue weighted by Crippen LogP contribution is 2.35. The van der Waals surface area contributed by atoms with E-state index in [4.69, 9.17) is 16.3 Å². The first-order valence-corrected chi connectivity index (χ1v) is 6.73. The number of halogens is 1. The predicted octanol–water partition coefficient (Wildman–Crippen LogP) is 3.91. The number of ether oxygens (including phenoxy) is 1. The summed E-state index contributed by atoms with van der Waals surface area (Å²) in [5, 5.41) is 3.81. The Morgan fingerprint density at radius 3 is 2.63 bits per heavy atom. The molecule has 1 N–H and O–H groups in total. The van der Waals surface area contributed by atoms with Crippen LogP contribution in [0.5, 0.6) is 5.75 Å². The zero-order valence-corrected chi connectivity index (χ0v) is 12.0. The number of nitrogens with one attached hydrogen (secondary N) is 1. The summed E-state index contributed by atoms with van der Waals surface area (Å²) < 4.78 is 5.82. The zero-order chi connectivity index (χ0) is 13.7. The second kappa shape index (κ2) is 6.60. The molecule has 100 valence electrons. The van der Waals surface area contributed by atoms with E-state index in [1.54, 1.807) is 0 Å². The summed E-state index contributed by atoms with van der Waals surface area (Å²) in [5.41, 5.74) is 3.24. The molecule has 0 aliphatic carbocycles. The van der Waals surface area contributed by atoms with Crippen molar-refractivity contribution in [2.45, 2.75) is 6.92 Å². The minimum atomic E-state index is 0.636. The highest BCUT2D eigenvalue weighted by atomic mass is 35.5. The van der Waals surface area contributed by atoms with Crippen molar-refractivity contribution in [1.82, 2.24) is 5.32 Å². The lowest BCUT2D eigenvalue weighted by Gasteiger charge is -2.13. The Morgan fingerprint density at radius 1 is 1.11 bits per heavy atom. The van der Waals surface area contributed by atoms with E-state index in [0.29, 0.717) is 6.61 Å². The minimum Gasteiger partial charge on any atom is -0.492 e. The highest BCUT2D eigenvalue weighted by Gasteiger charge is 2.09. The first kappa shape index (κ1) is 13.9. The Morgan fingerprint density at radius 2 is 1.89 bits per heavy atom. The normalized spacial score (nSPS) is 10.5. The van der Waals surface area contributed by atoms with Crippen LogP contribution in [-0.2, 0) is 0 Å². The van der Waals surface area contributed by atoms with Crippen LogP contribution in [0.25, 0.3) is 11.1 Å². The standard InChI is InChI=1S/C16H18ClNO/c1-12-7-8-16(19-10-9-18-2)14(11-12)13-5-3-4-6-15(13)17/h3-8,11,18H,9-10H2,1-2H3. The van der Waals surface area contributed by atoms with Crippen LogP contribution in [0.4, 0.5) is 0 Å². The van der Waals surface area contributed by atoms with Crippen molar-refractivity contribution >= 4 is 11.6 Å². The maximum Gasteiger partial charge on any atom is 0.127 e. The van der Waals surface area contributed by atoms with E-state index in [1.807, 2.05) is 37.4 Å². The van der Waals surface area contributed by atoms with Gasteiger partial charge in [-0.25, -0.2) is 0 Å². The van der Waals surface area contributed by atoms with Crippen LogP contribution < -0.4 is 10.1 Å². The Kier molecular flexibility index (Phi) is 4.83. The molecule has 0 aliphatic rings. The van der Waals surface area contributed by atoms with Crippen LogP contribution in [0.3, 0.4) is 0 Å². The van der Waals surface area contributed by atoms with Crippen LogP contribution in [0.2, 0.25) is 5.02 Å². The van der Waals surface area contributed by atoms with Gasteiger partial charge < -0.3 is 10.1 Å². The molecule has 0 fully saturated rings. The van der Waals surface area contributed by atoms with E-state index < -0.39 is 0 Å². The summed E-state index contributed by atoms with van der Waals surface area (Å²) in [6.07, 6.45) is 0. The van der Waals surface area contributed by atoms with Gasteiger partial charge in [-0.05, 0) is 32.2 Å². The maximum absolute atomic E-state index is 6.28. The second-order valence-electron chi connectivity index (χ2n) is 4.43. The van der Waals surface area contributed by atoms with Gasteiger partial charge in [0.25, 0.3) is 0 Å². The smallest absolute Gasteiger partial charge is 0.127 e. The number of aryl methyl sites for hydroxylation is 1. The van der Waals surface area contributed by atoms with Crippen LogP contribution in [-0.4, -0.2) is 20.2 Å². The Hall–Kier alpha value is -1.51. The molecule has 2 rings (SSSR count). The third-order valence-electron chi connectivity index (χ3n) is 2.91. The fraction of sp³-hybridized carbons (Fsp3) is 0.250. The molecule has 19 heavy (non-hydrogen) atoms. The predicted molar refractivity (Wildman–Crippen MR) is 81.0 cm³/mol. The molecule has 0 unspecified atom stereocenters. The fourth-order valence-corrected chi connectivity index (χ4v) is 2.16. The Labute approximate surface area is 119 Å². The van der Waals surface area contributed by atoms with E-state index in [9.17, 15) is 0 Å². The van der Waals surface area contributed by atoms with E-state index in [-0.39, 0.29) is 0 Å². The molecular weight excluding hydrogens is 258 g/mol. The van der Waals surface area contributed by atoms with Crippen molar-refractivity contribution in [2.75, 3.05) is 20.2 Å². The molecule has 2 aromatic carbocycles. The molecule has 0 spiro atoms. The van der Waals surface area contributed by atoms with E-state index >= 15 is 0 Å². The van der Waals surface area contributed by atoms with Gasteiger partial charge in [-0.3, -0.25) is 0 Å². The van der Waals surface area contributed by atoms with Gasteiger partial charge in [0.15, 0.2) is 0 Å². The molecule has 0 radical (unpaired) electrons. The van der Waals surface area contributed by atoms with Gasteiger partial charge in [0.1, 0.15) is 12.4 Å². The molecule has 2 nitrogen and oxygen atoms in total. The van der Waals surface area contributed by atoms with Crippen LogP contribution >= 0.6 is 11.6 Å². The first-order valence-electron chi connectivity index (χ1n) is 6.35. The van der Waals surface area contributed by atoms with Gasteiger partial charge in [0, 0.05) is 22.7 Å². The summed E-state index contributed by atoms with van der Waals surface area (Å²) >= 11 is 6.28. The molecule has 0 aliphatic heterocycles. The lowest BCUT2D eigenvalue weighted by atomic mass is 10.0. The SMILES string of the molecule is CNCCOc1ccc(C)cc1-c1ccccc1Cl. The lowest BCUT2D eigenvalue weighted by Crippen LogP contribution is -2.16. The maximum atomic E-state index is 6.28. The fourth-order valence-electron chi connectivity index (χ4n) is 1.92. The molecule has 0 bridgehead atoms. The van der Waals surface area contributed by atoms with Crippen molar-refractivity contribution < 1.29 is 4.74 Å². The lowest BCUT2D eigenvalue weighted by molar-refractivity contribution is 0.319. The zero-order valence-electron chi connectivity index (χ0n) is 11.2. The molecule has 0 aromatic heterocycles. The van der Waals surface area contributed by atoms with Crippen molar-refractivity contribution in [3.8, 4) is 16.9 Å². The quantitative estimate of drug-likeness (QED) is 0.836. The Bertz CT molecular complexity index is 554. The molecule has 0 amide bonds. The van der Waals surface area contributed by atoms with Crippen molar-refractivity contribution in [3.05, 3.63) is 53.1 Å². The third kappa shape index (κ3) is 3.49. The highest BCUT2D eigenvalue weighted by molar-refractivity contribution is 6.33. The van der Waals surface area contributed by atoms with Gasteiger partial charge in [0.2, 0.25) is 0 Å². The van der Waals surface area contributed by atoms with Gasteiger partial charge >= 0.3 is 0 Å². The number of rotatable bonds is 5. The summed E-state index contributed by atoms with van der Waals surface area (Å²) in [5.74, 6) is 0.869. The van der Waals surface area contributed by atoms with Crippen molar-refractivity contribution in [3.63, 3.8) is 0 Å². The van der Waals surface area contributed by atoms with E-state index in [2.05, 4.69) is 24.4 Å². The average molecular weight is 276 g/mol. The molecule has 0 saturated heterocycles.